The quantitative estimate of drug-likeness (QED) is 0.714. The fourth-order valence-electron chi connectivity index (χ4n) is 3.80. The first-order valence-electron chi connectivity index (χ1n) is 10.4. The van der Waals surface area contributed by atoms with Crippen LogP contribution in [0.2, 0.25) is 0 Å². The Morgan fingerprint density at radius 2 is 1.97 bits per heavy atom. The molecule has 1 unspecified atom stereocenters. The summed E-state index contributed by atoms with van der Waals surface area (Å²) in [6, 6.07) is 13.8. The summed E-state index contributed by atoms with van der Waals surface area (Å²) >= 11 is 0. The van der Waals surface area contributed by atoms with Gasteiger partial charge in [-0.15, -0.1) is 0 Å². The smallest absolute Gasteiger partial charge is 0.414 e. The van der Waals surface area contributed by atoms with Crippen molar-refractivity contribution in [2.45, 2.75) is 32.2 Å². The maximum absolute atomic E-state index is 14.9. The molecule has 2 aliphatic rings. The molecule has 0 aliphatic carbocycles. The number of hydrogen-bond acceptors (Lipinski definition) is 5. The van der Waals surface area contributed by atoms with Crippen molar-refractivity contribution in [3.8, 4) is 0 Å². The van der Waals surface area contributed by atoms with Crippen molar-refractivity contribution in [1.82, 2.24) is 5.32 Å². The Bertz CT molecular complexity index is 1020. The van der Waals surface area contributed by atoms with Crippen molar-refractivity contribution in [2.75, 3.05) is 29.4 Å². The number of hydrogen-bond donors (Lipinski definition) is 1. The zero-order valence-corrected chi connectivity index (χ0v) is 17.6. The highest BCUT2D eigenvalue weighted by atomic mass is 19.1. The molecule has 4 rings (SSSR count). The number of anilines is 2. The van der Waals surface area contributed by atoms with E-state index in [1.54, 1.807) is 6.07 Å². The molecule has 32 heavy (non-hydrogen) atoms. The SMILES string of the molecule is CC(=O)NC[C@H]1CN(c2ccc(N3CCC(OCc4ccccc4)C3=O)c(F)c2)C(=O)O1. The van der Waals surface area contributed by atoms with Crippen molar-refractivity contribution < 1.29 is 28.2 Å². The van der Waals surface area contributed by atoms with Gasteiger partial charge < -0.3 is 19.7 Å². The second-order valence-corrected chi connectivity index (χ2v) is 7.75. The third-order valence-electron chi connectivity index (χ3n) is 5.44. The first kappa shape index (κ1) is 21.8. The lowest BCUT2D eigenvalue weighted by molar-refractivity contribution is -0.127. The molecule has 9 heteroatoms. The number of benzene rings is 2. The largest absolute Gasteiger partial charge is 0.442 e. The molecule has 2 fully saturated rings. The fourth-order valence-corrected chi connectivity index (χ4v) is 3.80. The highest BCUT2D eigenvalue weighted by Gasteiger charge is 2.36. The van der Waals surface area contributed by atoms with E-state index in [0.717, 1.165) is 5.56 Å². The van der Waals surface area contributed by atoms with Gasteiger partial charge in [0.15, 0.2) is 0 Å². The molecule has 168 valence electrons. The van der Waals surface area contributed by atoms with E-state index < -0.39 is 24.1 Å². The molecule has 0 radical (unpaired) electrons. The molecule has 2 aliphatic heterocycles. The molecular formula is C23H24FN3O5. The Kier molecular flexibility index (Phi) is 6.36. The first-order chi connectivity index (χ1) is 15.4. The topological polar surface area (TPSA) is 88.2 Å². The number of nitrogens with one attached hydrogen (secondary N) is 1. The van der Waals surface area contributed by atoms with Crippen LogP contribution in [0.4, 0.5) is 20.6 Å². The van der Waals surface area contributed by atoms with Gasteiger partial charge in [0.05, 0.1) is 31.1 Å². The molecule has 0 aromatic heterocycles. The van der Waals surface area contributed by atoms with Crippen molar-refractivity contribution in [1.29, 1.82) is 0 Å². The van der Waals surface area contributed by atoms with Crippen LogP contribution >= 0.6 is 0 Å². The Balaban J connectivity index is 1.39. The fraction of sp³-hybridized carbons (Fsp3) is 0.348. The van der Waals surface area contributed by atoms with E-state index in [0.29, 0.717) is 25.3 Å². The molecule has 2 aromatic rings. The van der Waals surface area contributed by atoms with Crippen molar-refractivity contribution in [2.24, 2.45) is 0 Å². The molecule has 2 atom stereocenters. The van der Waals surface area contributed by atoms with Crippen molar-refractivity contribution in [3.63, 3.8) is 0 Å². The molecule has 2 saturated heterocycles. The van der Waals surface area contributed by atoms with Crippen LogP contribution in [0.15, 0.2) is 48.5 Å². The zero-order chi connectivity index (χ0) is 22.7. The lowest BCUT2D eigenvalue weighted by atomic mass is 10.2. The summed E-state index contributed by atoms with van der Waals surface area (Å²) in [7, 11) is 0. The van der Waals surface area contributed by atoms with Gasteiger partial charge >= 0.3 is 6.09 Å². The molecule has 1 N–H and O–H groups in total. The predicted octanol–water partition coefficient (Wildman–Crippen LogP) is 2.61. The number of cyclic esters (lactones) is 1. The Morgan fingerprint density at radius 3 is 2.69 bits per heavy atom. The van der Waals surface area contributed by atoms with Crippen LogP contribution in [-0.2, 0) is 25.7 Å². The van der Waals surface area contributed by atoms with Crippen molar-refractivity contribution in [3.05, 3.63) is 59.9 Å². The predicted molar refractivity (Wildman–Crippen MR) is 115 cm³/mol. The molecule has 2 aromatic carbocycles. The summed E-state index contributed by atoms with van der Waals surface area (Å²) in [6.45, 7) is 2.41. The summed E-state index contributed by atoms with van der Waals surface area (Å²) in [4.78, 5) is 38.6. The van der Waals surface area contributed by atoms with Crippen molar-refractivity contribution >= 4 is 29.3 Å². The second kappa shape index (κ2) is 9.35. The van der Waals surface area contributed by atoms with Crippen LogP contribution in [0.3, 0.4) is 0 Å². The summed E-state index contributed by atoms with van der Waals surface area (Å²) in [6.07, 6.45) is -1.29. The first-order valence-corrected chi connectivity index (χ1v) is 10.4. The number of amides is 3. The number of rotatable bonds is 7. The van der Waals surface area contributed by atoms with Gasteiger partial charge in [0.25, 0.3) is 5.91 Å². The molecule has 3 amide bonds. The van der Waals surface area contributed by atoms with Crippen LogP contribution in [-0.4, -0.2) is 49.7 Å². The van der Waals surface area contributed by atoms with E-state index in [1.165, 1.54) is 28.9 Å². The van der Waals surface area contributed by atoms with E-state index in [-0.39, 0.29) is 30.6 Å². The summed E-state index contributed by atoms with van der Waals surface area (Å²) in [5.41, 5.74) is 1.43. The molecule has 2 heterocycles. The van der Waals surface area contributed by atoms with Crippen LogP contribution in [0, 0.1) is 5.82 Å². The highest BCUT2D eigenvalue weighted by Crippen LogP contribution is 2.31. The van der Waals surface area contributed by atoms with Gasteiger partial charge in [-0.05, 0) is 23.8 Å². The van der Waals surface area contributed by atoms with Gasteiger partial charge in [-0.25, -0.2) is 9.18 Å². The molecular weight excluding hydrogens is 417 g/mol. The molecule has 0 bridgehead atoms. The van der Waals surface area contributed by atoms with Crippen LogP contribution in [0.1, 0.15) is 18.9 Å². The third-order valence-corrected chi connectivity index (χ3v) is 5.44. The molecule has 0 spiro atoms. The average Bonchev–Trinajstić information content (AvgIpc) is 3.33. The minimum absolute atomic E-state index is 0.145. The maximum atomic E-state index is 14.9. The number of carbonyl (C=O) groups excluding carboxylic acids is 3. The van der Waals surface area contributed by atoms with Gasteiger partial charge in [0.1, 0.15) is 18.0 Å². The maximum Gasteiger partial charge on any atom is 0.414 e. The zero-order valence-electron chi connectivity index (χ0n) is 17.6. The number of carbonyl (C=O) groups is 3. The van der Waals surface area contributed by atoms with Crippen LogP contribution in [0.25, 0.3) is 0 Å². The third kappa shape index (κ3) is 4.72. The molecule has 0 saturated carbocycles. The number of nitrogens with zero attached hydrogens (tertiary/aromatic N) is 2. The number of halogens is 1. The van der Waals surface area contributed by atoms with Crippen LogP contribution in [0.5, 0.6) is 0 Å². The highest BCUT2D eigenvalue weighted by molar-refractivity contribution is 5.99. The van der Waals surface area contributed by atoms with Gasteiger partial charge in [0.2, 0.25) is 5.91 Å². The van der Waals surface area contributed by atoms with Gasteiger partial charge in [0, 0.05) is 19.9 Å². The Hall–Kier alpha value is -3.46. The van der Waals surface area contributed by atoms with E-state index >= 15 is 0 Å². The second-order valence-electron chi connectivity index (χ2n) is 7.75. The minimum atomic E-state index is -0.627. The summed E-state index contributed by atoms with van der Waals surface area (Å²) in [5, 5.41) is 2.59. The average molecular weight is 441 g/mol. The lowest BCUT2D eigenvalue weighted by Gasteiger charge is -2.20. The molecule has 8 nitrogen and oxygen atoms in total. The standard InChI is InChI=1S/C23H24FN3O5/c1-15(28)25-12-18-13-27(23(30)32-18)17-7-8-20(19(24)11-17)26-10-9-21(22(26)29)31-14-16-5-3-2-4-6-16/h2-8,11,18,21H,9-10,12-14H2,1H3,(H,25,28)/t18-,21?/m0/s1. The van der Waals surface area contributed by atoms with Gasteiger partial charge in [-0.1, -0.05) is 30.3 Å². The lowest BCUT2D eigenvalue weighted by Crippen LogP contribution is -2.33. The Morgan fingerprint density at radius 1 is 1.19 bits per heavy atom. The summed E-state index contributed by atoms with van der Waals surface area (Å²) in [5.74, 6) is -1.13. The van der Waals surface area contributed by atoms with E-state index in [9.17, 15) is 18.8 Å². The van der Waals surface area contributed by atoms with E-state index in [4.69, 9.17) is 9.47 Å². The Labute approximate surface area is 184 Å². The number of ether oxygens (including phenoxy) is 2. The van der Waals surface area contributed by atoms with Crippen LogP contribution < -0.4 is 15.1 Å². The minimum Gasteiger partial charge on any atom is -0.442 e. The summed E-state index contributed by atoms with van der Waals surface area (Å²) < 4.78 is 25.9. The van der Waals surface area contributed by atoms with E-state index in [1.807, 2.05) is 30.3 Å². The van der Waals surface area contributed by atoms with E-state index in [2.05, 4.69) is 5.32 Å². The van der Waals surface area contributed by atoms with Gasteiger partial charge in [-0.2, -0.15) is 0 Å². The normalized spacial score (nSPS) is 20.6. The van der Waals surface area contributed by atoms with Gasteiger partial charge in [-0.3, -0.25) is 14.5 Å². The monoisotopic (exact) mass is 441 g/mol.